The molecule has 0 aliphatic carbocycles. The van der Waals surface area contributed by atoms with Crippen LogP contribution in [0.1, 0.15) is 12.0 Å². The van der Waals surface area contributed by atoms with Crippen molar-refractivity contribution in [2.75, 3.05) is 18.6 Å². The van der Waals surface area contributed by atoms with E-state index in [0.29, 0.717) is 23.2 Å². The Morgan fingerprint density at radius 3 is 2.36 bits per heavy atom. The van der Waals surface area contributed by atoms with Crippen LogP contribution in [0, 0.1) is 6.92 Å². The maximum Gasteiger partial charge on any atom is 0.209 e. The first-order valence-corrected chi connectivity index (χ1v) is 11.4. The highest BCUT2D eigenvalue weighted by Gasteiger charge is 2.16. The van der Waals surface area contributed by atoms with E-state index in [2.05, 4.69) is 10.2 Å². The molecule has 0 saturated carbocycles. The van der Waals surface area contributed by atoms with E-state index in [1.165, 1.54) is 11.8 Å². The van der Waals surface area contributed by atoms with Crippen LogP contribution in [-0.4, -0.2) is 41.8 Å². The summed E-state index contributed by atoms with van der Waals surface area (Å²) >= 11 is 1.45. The number of methoxy groups -OCH3 is 1. The zero-order chi connectivity index (χ0) is 20.1. The predicted molar refractivity (Wildman–Crippen MR) is 111 cm³/mol. The van der Waals surface area contributed by atoms with Crippen LogP contribution in [0.4, 0.5) is 0 Å². The van der Waals surface area contributed by atoms with Gasteiger partial charge in [-0.3, -0.25) is 4.57 Å². The van der Waals surface area contributed by atoms with Gasteiger partial charge in [0.25, 0.3) is 0 Å². The molecule has 0 aliphatic rings. The molecule has 0 atom stereocenters. The normalized spacial score (nSPS) is 11.5. The molecule has 28 heavy (non-hydrogen) atoms. The Hall–Kier alpha value is -2.36. The minimum Gasteiger partial charge on any atom is -0.497 e. The van der Waals surface area contributed by atoms with Crippen LogP contribution in [0.5, 0.6) is 5.75 Å². The van der Waals surface area contributed by atoms with Gasteiger partial charge in [0.05, 0.1) is 12.9 Å². The van der Waals surface area contributed by atoms with Gasteiger partial charge in [0.15, 0.2) is 11.0 Å². The highest BCUT2D eigenvalue weighted by molar-refractivity contribution is 7.99. The molecule has 0 spiro atoms. The number of rotatable bonds is 8. The zero-order valence-electron chi connectivity index (χ0n) is 15.7. The number of sulfonamides is 1. The average Bonchev–Trinajstić information content (AvgIpc) is 3.09. The summed E-state index contributed by atoms with van der Waals surface area (Å²) in [6, 6.07) is 15.7. The summed E-state index contributed by atoms with van der Waals surface area (Å²) in [4.78, 5) is 0. The summed E-state index contributed by atoms with van der Waals surface area (Å²) < 4.78 is 29.5. The second kappa shape index (κ2) is 8.76. The molecule has 0 saturated heterocycles. The summed E-state index contributed by atoms with van der Waals surface area (Å²) in [6.45, 7) is 2.03. The van der Waals surface area contributed by atoms with Gasteiger partial charge < -0.3 is 4.74 Å². The van der Waals surface area contributed by atoms with Crippen molar-refractivity contribution >= 4 is 21.8 Å². The van der Waals surface area contributed by atoms with Gasteiger partial charge in [-0.1, -0.05) is 29.5 Å². The van der Waals surface area contributed by atoms with Crippen LogP contribution in [-0.2, 0) is 10.0 Å². The van der Waals surface area contributed by atoms with Crippen molar-refractivity contribution in [3.63, 3.8) is 0 Å². The number of aryl methyl sites for hydroxylation is 1. The SMILES string of the molecule is COc1ccc(-c2nnc(SCCCS(N)(=O)=O)n2-c2ccc(C)cc2)cc1. The summed E-state index contributed by atoms with van der Waals surface area (Å²) in [5, 5.41) is 14.5. The summed E-state index contributed by atoms with van der Waals surface area (Å²) in [6.07, 6.45) is 0.447. The molecule has 9 heteroatoms. The fraction of sp³-hybridized carbons (Fsp3) is 0.263. The Bertz CT molecular complexity index is 1030. The van der Waals surface area contributed by atoms with Crippen molar-refractivity contribution in [1.82, 2.24) is 14.8 Å². The van der Waals surface area contributed by atoms with E-state index in [0.717, 1.165) is 22.6 Å². The topological polar surface area (TPSA) is 100 Å². The molecule has 0 amide bonds. The third kappa shape index (κ3) is 5.12. The number of nitrogens with two attached hydrogens (primary N) is 1. The van der Waals surface area contributed by atoms with Gasteiger partial charge in [-0.05, 0) is 49.7 Å². The molecular formula is C19H22N4O3S2. The predicted octanol–water partition coefficient (Wildman–Crippen LogP) is 3.02. The van der Waals surface area contributed by atoms with Crippen molar-refractivity contribution in [2.24, 2.45) is 5.14 Å². The molecule has 0 fully saturated rings. The number of ether oxygens (including phenoxy) is 1. The lowest BCUT2D eigenvalue weighted by atomic mass is 10.2. The molecule has 7 nitrogen and oxygen atoms in total. The lowest BCUT2D eigenvalue weighted by molar-refractivity contribution is 0.415. The number of thioether (sulfide) groups is 1. The standard InChI is InChI=1S/C19H22N4O3S2/c1-14-4-8-16(9-5-14)23-18(15-6-10-17(26-2)11-7-15)21-22-19(23)27-12-3-13-28(20,24)25/h4-11H,3,12-13H2,1-2H3,(H2,20,24,25). The van der Waals surface area contributed by atoms with Crippen LogP contribution in [0.25, 0.3) is 17.1 Å². The Morgan fingerprint density at radius 2 is 1.75 bits per heavy atom. The maximum absolute atomic E-state index is 11.1. The average molecular weight is 419 g/mol. The van der Waals surface area contributed by atoms with Crippen LogP contribution in [0.3, 0.4) is 0 Å². The van der Waals surface area contributed by atoms with Crippen molar-refractivity contribution in [3.8, 4) is 22.8 Å². The largest absolute Gasteiger partial charge is 0.497 e. The minimum atomic E-state index is -3.46. The lowest BCUT2D eigenvalue weighted by Gasteiger charge is -2.11. The first-order valence-electron chi connectivity index (χ1n) is 8.67. The fourth-order valence-electron chi connectivity index (χ4n) is 2.64. The van der Waals surface area contributed by atoms with Gasteiger partial charge in [-0.15, -0.1) is 10.2 Å². The van der Waals surface area contributed by atoms with E-state index >= 15 is 0 Å². The van der Waals surface area contributed by atoms with Crippen LogP contribution in [0.2, 0.25) is 0 Å². The molecule has 2 N–H and O–H groups in total. The number of aromatic nitrogens is 3. The zero-order valence-corrected chi connectivity index (χ0v) is 17.3. The molecule has 0 bridgehead atoms. The van der Waals surface area contributed by atoms with E-state index in [4.69, 9.17) is 9.88 Å². The van der Waals surface area contributed by atoms with Gasteiger partial charge in [-0.2, -0.15) is 0 Å². The van der Waals surface area contributed by atoms with E-state index in [9.17, 15) is 8.42 Å². The first kappa shape index (κ1) is 20.4. The summed E-state index contributed by atoms with van der Waals surface area (Å²) in [5.74, 6) is 2.00. The number of nitrogens with zero attached hydrogens (tertiary/aromatic N) is 3. The smallest absolute Gasteiger partial charge is 0.209 e. The number of hydrogen-bond acceptors (Lipinski definition) is 6. The molecule has 148 valence electrons. The van der Waals surface area contributed by atoms with Crippen LogP contribution in [0.15, 0.2) is 53.7 Å². The van der Waals surface area contributed by atoms with Gasteiger partial charge >= 0.3 is 0 Å². The molecule has 0 unspecified atom stereocenters. The van der Waals surface area contributed by atoms with Crippen molar-refractivity contribution in [3.05, 3.63) is 54.1 Å². The molecular weight excluding hydrogens is 396 g/mol. The van der Waals surface area contributed by atoms with E-state index in [-0.39, 0.29) is 5.75 Å². The van der Waals surface area contributed by atoms with Crippen LogP contribution >= 0.6 is 11.8 Å². The molecule has 0 radical (unpaired) electrons. The molecule has 1 aromatic heterocycles. The fourth-order valence-corrected chi connectivity index (χ4v) is 4.26. The Labute approximate surface area is 169 Å². The van der Waals surface area contributed by atoms with Crippen LogP contribution < -0.4 is 9.88 Å². The van der Waals surface area contributed by atoms with Gasteiger partial charge in [-0.25, -0.2) is 13.6 Å². The molecule has 2 aromatic carbocycles. The van der Waals surface area contributed by atoms with Gasteiger partial charge in [0.2, 0.25) is 10.0 Å². The lowest BCUT2D eigenvalue weighted by Crippen LogP contribution is -2.16. The second-order valence-corrected chi connectivity index (χ2v) is 9.07. The quantitative estimate of drug-likeness (QED) is 0.446. The van der Waals surface area contributed by atoms with Crippen molar-refractivity contribution in [1.29, 1.82) is 0 Å². The van der Waals surface area contributed by atoms with E-state index in [1.54, 1.807) is 7.11 Å². The molecule has 3 rings (SSSR count). The van der Waals surface area contributed by atoms with Gasteiger partial charge in [0, 0.05) is 17.0 Å². The highest BCUT2D eigenvalue weighted by Crippen LogP contribution is 2.29. The summed E-state index contributed by atoms with van der Waals surface area (Å²) in [5.41, 5.74) is 3.01. The van der Waals surface area contributed by atoms with E-state index < -0.39 is 10.0 Å². The molecule has 1 heterocycles. The molecule has 0 aliphatic heterocycles. The molecule has 3 aromatic rings. The minimum absolute atomic E-state index is 0.0516. The number of primary sulfonamides is 1. The Kier molecular flexibility index (Phi) is 6.38. The summed E-state index contributed by atoms with van der Waals surface area (Å²) in [7, 11) is -1.83. The van der Waals surface area contributed by atoms with Gasteiger partial charge in [0.1, 0.15) is 5.75 Å². The monoisotopic (exact) mass is 418 g/mol. The highest BCUT2D eigenvalue weighted by atomic mass is 32.2. The van der Waals surface area contributed by atoms with E-state index in [1.807, 2.05) is 60.0 Å². The third-order valence-electron chi connectivity index (χ3n) is 4.08. The van der Waals surface area contributed by atoms with Crippen molar-refractivity contribution in [2.45, 2.75) is 18.5 Å². The third-order valence-corrected chi connectivity index (χ3v) is 5.95. The second-order valence-electron chi connectivity index (χ2n) is 6.27. The van der Waals surface area contributed by atoms with Crippen molar-refractivity contribution < 1.29 is 13.2 Å². The number of benzene rings is 2. The Balaban J connectivity index is 1.93. The number of hydrogen-bond donors (Lipinski definition) is 1. The Morgan fingerprint density at radius 1 is 1.07 bits per heavy atom. The first-order chi connectivity index (χ1) is 13.4. The maximum atomic E-state index is 11.1.